The number of hydrogen-bond donors (Lipinski definition) is 1. The molecule has 1 aliphatic carbocycles. The molecule has 3 unspecified atom stereocenters. The molecule has 1 aliphatic rings. The number of hydrogen-bond acceptors (Lipinski definition) is 5. The summed E-state index contributed by atoms with van der Waals surface area (Å²) in [6.45, 7) is 1.23. The number of alkyl halides is 2. The second kappa shape index (κ2) is 6.34. The van der Waals surface area contributed by atoms with E-state index in [1.54, 1.807) is 10.9 Å². The summed E-state index contributed by atoms with van der Waals surface area (Å²) in [5.41, 5.74) is 8.01. The third-order valence-electron chi connectivity index (χ3n) is 4.57. The second-order valence-electron chi connectivity index (χ2n) is 6.24. The summed E-state index contributed by atoms with van der Waals surface area (Å²) in [4.78, 5) is 12.3. The Bertz CT molecular complexity index is 889. The summed E-state index contributed by atoms with van der Waals surface area (Å²) in [5, 5.41) is 0. The van der Waals surface area contributed by atoms with Crippen molar-refractivity contribution in [2.24, 2.45) is 5.92 Å². The van der Waals surface area contributed by atoms with Gasteiger partial charge in [0, 0.05) is 12.5 Å². The van der Waals surface area contributed by atoms with Crippen LogP contribution in [0, 0.1) is 5.92 Å². The van der Waals surface area contributed by atoms with Gasteiger partial charge < -0.3 is 15.0 Å². The molecule has 4 rings (SSSR count). The molecule has 25 heavy (non-hydrogen) atoms. The molecule has 1 fully saturated rings. The highest BCUT2D eigenvalue weighted by Gasteiger charge is 2.64. The number of rotatable bonds is 6. The molecule has 2 N–H and O–H groups in total. The number of nitrogen functional groups attached to an aromatic ring is 1. The molecule has 0 aliphatic heterocycles. The number of halogens is 2. The van der Waals surface area contributed by atoms with E-state index in [9.17, 15) is 4.39 Å². The Morgan fingerprint density at radius 2 is 2.04 bits per heavy atom. The van der Waals surface area contributed by atoms with Crippen molar-refractivity contribution in [2.75, 3.05) is 12.3 Å². The quantitative estimate of drug-likeness (QED) is 0.637. The van der Waals surface area contributed by atoms with Crippen LogP contribution in [-0.2, 0) is 17.9 Å². The maximum Gasteiger partial charge on any atom is 0.165 e. The molecule has 2 heterocycles. The minimum Gasteiger partial charge on any atom is -0.382 e. The third-order valence-corrected chi connectivity index (χ3v) is 5.85. The fourth-order valence-electron chi connectivity index (χ4n) is 3.02. The van der Waals surface area contributed by atoms with Crippen molar-refractivity contribution in [1.29, 1.82) is 0 Å². The first-order valence-electron chi connectivity index (χ1n) is 7.95. The van der Waals surface area contributed by atoms with Crippen LogP contribution in [0.5, 0.6) is 0 Å². The molecule has 3 atom stereocenters. The summed E-state index contributed by atoms with van der Waals surface area (Å²) in [7, 11) is 0. The predicted molar refractivity (Wildman–Crippen MR) is 95.9 cm³/mol. The van der Waals surface area contributed by atoms with Gasteiger partial charge in [0.05, 0.1) is 23.9 Å². The number of fused-ring (bicyclic) bond motifs is 1. The average Bonchev–Trinajstić information content (AvgIpc) is 2.95. The Morgan fingerprint density at radius 1 is 1.24 bits per heavy atom. The van der Waals surface area contributed by atoms with Crippen molar-refractivity contribution in [1.82, 2.24) is 19.5 Å². The molecule has 0 bridgehead atoms. The summed E-state index contributed by atoms with van der Waals surface area (Å²) in [6.07, 6.45) is 2.02. The molecule has 0 radical (unpaired) electrons. The highest BCUT2D eigenvalue weighted by molar-refractivity contribution is 9.10. The van der Waals surface area contributed by atoms with Gasteiger partial charge in [-0.2, -0.15) is 0 Å². The minimum atomic E-state index is -0.986. The van der Waals surface area contributed by atoms with Crippen molar-refractivity contribution in [2.45, 2.75) is 23.6 Å². The standard InChI is InChI=1S/C17H17BrFN5O/c18-17(8-24-10-23-13-15(20)21-9-22-16(13)24)12(14(17)19)7-25-6-11-4-2-1-3-5-11/h1-5,9-10,12,14H,6-8H2,(H2,20,21,22). The molecule has 1 saturated carbocycles. The van der Waals surface area contributed by atoms with Gasteiger partial charge in [-0.25, -0.2) is 19.3 Å². The minimum absolute atomic E-state index is 0.215. The zero-order valence-corrected chi connectivity index (χ0v) is 14.9. The van der Waals surface area contributed by atoms with Gasteiger partial charge in [0.25, 0.3) is 0 Å². The summed E-state index contributed by atoms with van der Waals surface area (Å²) in [5.74, 6) is 0.107. The van der Waals surface area contributed by atoms with Crippen LogP contribution in [0.25, 0.3) is 11.2 Å². The summed E-state index contributed by atoms with van der Waals surface area (Å²) < 4.78 is 21.2. The molecular formula is C17H17BrFN5O. The van der Waals surface area contributed by atoms with Crippen molar-refractivity contribution in [3.63, 3.8) is 0 Å². The highest BCUT2D eigenvalue weighted by atomic mass is 79.9. The van der Waals surface area contributed by atoms with Crippen LogP contribution in [-0.4, -0.2) is 36.6 Å². The van der Waals surface area contributed by atoms with E-state index in [4.69, 9.17) is 10.5 Å². The Balaban J connectivity index is 1.41. The summed E-state index contributed by atoms with van der Waals surface area (Å²) in [6, 6.07) is 9.85. The second-order valence-corrected chi connectivity index (χ2v) is 7.72. The van der Waals surface area contributed by atoms with E-state index < -0.39 is 10.5 Å². The zero-order valence-electron chi connectivity index (χ0n) is 13.3. The lowest BCUT2D eigenvalue weighted by molar-refractivity contribution is 0.104. The van der Waals surface area contributed by atoms with Crippen LogP contribution in [0.2, 0.25) is 0 Å². The first-order valence-corrected chi connectivity index (χ1v) is 8.75. The van der Waals surface area contributed by atoms with Crippen molar-refractivity contribution in [3.05, 3.63) is 48.5 Å². The zero-order chi connectivity index (χ0) is 17.4. The fraction of sp³-hybridized carbons (Fsp3) is 0.353. The fourth-order valence-corrected chi connectivity index (χ4v) is 3.84. The number of benzene rings is 1. The Hall–Kier alpha value is -2.06. The molecule has 0 spiro atoms. The van der Waals surface area contributed by atoms with Gasteiger partial charge in [0.1, 0.15) is 18.0 Å². The van der Waals surface area contributed by atoms with E-state index in [2.05, 4.69) is 30.9 Å². The molecule has 0 saturated heterocycles. The van der Waals surface area contributed by atoms with Crippen molar-refractivity contribution in [3.8, 4) is 0 Å². The van der Waals surface area contributed by atoms with E-state index in [0.29, 0.717) is 36.7 Å². The maximum absolute atomic E-state index is 14.4. The molecule has 130 valence electrons. The molecule has 3 aromatic rings. The average molecular weight is 406 g/mol. The Morgan fingerprint density at radius 3 is 2.84 bits per heavy atom. The first kappa shape index (κ1) is 16.4. The SMILES string of the molecule is Nc1ncnc2c1ncn2CC1(Br)C(F)C1COCc1ccccc1. The highest BCUT2D eigenvalue weighted by Crippen LogP contribution is 2.55. The van der Waals surface area contributed by atoms with E-state index in [0.717, 1.165) is 5.56 Å². The van der Waals surface area contributed by atoms with Crippen LogP contribution in [0.15, 0.2) is 43.0 Å². The number of nitrogens with zero attached hydrogens (tertiary/aromatic N) is 4. The van der Waals surface area contributed by atoms with E-state index >= 15 is 0 Å². The van der Waals surface area contributed by atoms with Crippen molar-refractivity contribution >= 4 is 32.9 Å². The smallest absolute Gasteiger partial charge is 0.165 e. The lowest BCUT2D eigenvalue weighted by atomic mass is 10.2. The lowest BCUT2D eigenvalue weighted by Gasteiger charge is -2.11. The van der Waals surface area contributed by atoms with E-state index in [1.165, 1.54) is 6.33 Å². The molecule has 8 heteroatoms. The number of ether oxygens (including phenoxy) is 1. The lowest BCUT2D eigenvalue weighted by Crippen LogP contribution is -2.16. The third kappa shape index (κ3) is 3.00. The first-order chi connectivity index (χ1) is 12.1. The Labute approximate surface area is 152 Å². The Kier molecular flexibility index (Phi) is 4.16. The van der Waals surface area contributed by atoms with Crippen LogP contribution in [0.4, 0.5) is 10.2 Å². The van der Waals surface area contributed by atoms with Gasteiger partial charge in [-0.1, -0.05) is 46.3 Å². The molecular weight excluding hydrogens is 389 g/mol. The van der Waals surface area contributed by atoms with Crippen LogP contribution in [0.1, 0.15) is 5.56 Å². The van der Waals surface area contributed by atoms with Gasteiger partial charge in [0.2, 0.25) is 0 Å². The maximum atomic E-state index is 14.4. The van der Waals surface area contributed by atoms with Gasteiger partial charge in [-0.3, -0.25) is 0 Å². The van der Waals surface area contributed by atoms with Gasteiger partial charge in [-0.05, 0) is 5.56 Å². The normalized spacial score (nSPS) is 25.4. The van der Waals surface area contributed by atoms with Gasteiger partial charge >= 0.3 is 0 Å². The molecule has 1 aromatic carbocycles. The summed E-state index contributed by atoms with van der Waals surface area (Å²) >= 11 is 3.56. The van der Waals surface area contributed by atoms with E-state index in [-0.39, 0.29) is 5.92 Å². The number of anilines is 1. The van der Waals surface area contributed by atoms with Gasteiger partial charge in [-0.15, -0.1) is 0 Å². The van der Waals surface area contributed by atoms with Crippen LogP contribution >= 0.6 is 15.9 Å². The van der Waals surface area contributed by atoms with E-state index in [1.807, 2.05) is 30.3 Å². The monoisotopic (exact) mass is 405 g/mol. The van der Waals surface area contributed by atoms with Crippen LogP contribution in [0.3, 0.4) is 0 Å². The number of aromatic nitrogens is 4. The molecule has 2 aromatic heterocycles. The molecule has 6 nitrogen and oxygen atoms in total. The van der Waals surface area contributed by atoms with Crippen molar-refractivity contribution < 1.29 is 9.13 Å². The number of imidazole rings is 1. The number of nitrogens with two attached hydrogens (primary N) is 1. The predicted octanol–water partition coefficient (Wildman–Crippen LogP) is 2.73. The largest absolute Gasteiger partial charge is 0.382 e. The molecule has 0 amide bonds. The van der Waals surface area contributed by atoms with Gasteiger partial charge in [0.15, 0.2) is 11.5 Å². The van der Waals surface area contributed by atoms with Crippen LogP contribution < -0.4 is 5.73 Å². The topological polar surface area (TPSA) is 78.9 Å².